The zero-order valence-electron chi connectivity index (χ0n) is 9.96. The molecule has 0 radical (unpaired) electrons. The average Bonchev–Trinajstić information content (AvgIpc) is 2.29. The number of hydrogen-bond donors (Lipinski definition) is 1. The lowest BCUT2D eigenvalue weighted by Crippen LogP contribution is -2.26. The molecule has 1 aromatic carbocycles. The highest BCUT2D eigenvalue weighted by molar-refractivity contribution is 9.10. The van der Waals surface area contributed by atoms with Crippen molar-refractivity contribution < 1.29 is 0 Å². The fourth-order valence-electron chi connectivity index (χ4n) is 2.30. The Kier molecular flexibility index (Phi) is 3.87. The predicted octanol–water partition coefficient (Wildman–Crippen LogP) is 2.98. The van der Waals surface area contributed by atoms with E-state index in [0.29, 0.717) is 0 Å². The molecule has 3 heteroatoms. The maximum atomic E-state index is 3.66. The SMILES string of the molecule is CN(C)c1ccc(C2CCNCC2)cc1Br. The Hall–Kier alpha value is -0.540. The summed E-state index contributed by atoms with van der Waals surface area (Å²) in [6.07, 6.45) is 2.52. The summed E-state index contributed by atoms with van der Waals surface area (Å²) in [5.74, 6) is 0.730. The number of halogens is 1. The van der Waals surface area contributed by atoms with Crippen molar-refractivity contribution in [1.82, 2.24) is 5.32 Å². The van der Waals surface area contributed by atoms with E-state index in [1.165, 1.54) is 28.6 Å². The van der Waals surface area contributed by atoms with E-state index in [4.69, 9.17) is 0 Å². The topological polar surface area (TPSA) is 15.3 Å². The molecule has 0 aliphatic carbocycles. The molecule has 0 saturated carbocycles. The molecule has 1 saturated heterocycles. The van der Waals surface area contributed by atoms with Crippen LogP contribution >= 0.6 is 15.9 Å². The van der Waals surface area contributed by atoms with E-state index in [0.717, 1.165) is 19.0 Å². The number of benzene rings is 1. The third kappa shape index (κ3) is 2.58. The fraction of sp³-hybridized carbons (Fsp3) is 0.538. The molecule has 1 aromatic rings. The van der Waals surface area contributed by atoms with E-state index in [1.54, 1.807) is 0 Å². The van der Waals surface area contributed by atoms with E-state index < -0.39 is 0 Å². The van der Waals surface area contributed by atoms with Crippen molar-refractivity contribution in [3.63, 3.8) is 0 Å². The predicted molar refractivity (Wildman–Crippen MR) is 73.3 cm³/mol. The third-order valence-electron chi connectivity index (χ3n) is 3.26. The first-order valence-electron chi connectivity index (χ1n) is 5.86. The Morgan fingerprint density at radius 2 is 1.94 bits per heavy atom. The molecule has 1 aliphatic heterocycles. The van der Waals surface area contributed by atoms with Gasteiger partial charge in [0.1, 0.15) is 0 Å². The largest absolute Gasteiger partial charge is 0.377 e. The molecule has 0 amide bonds. The zero-order chi connectivity index (χ0) is 11.5. The van der Waals surface area contributed by atoms with Crippen LogP contribution < -0.4 is 10.2 Å². The lowest BCUT2D eigenvalue weighted by Gasteiger charge is -2.24. The average molecular weight is 283 g/mol. The quantitative estimate of drug-likeness (QED) is 0.897. The number of nitrogens with one attached hydrogen (secondary N) is 1. The number of piperidine rings is 1. The molecule has 2 nitrogen and oxygen atoms in total. The molecule has 0 unspecified atom stereocenters. The highest BCUT2D eigenvalue weighted by Crippen LogP contribution is 2.32. The molecule has 2 rings (SSSR count). The molecule has 0 spiro atoms. The molecule has 0 bridgehead atoms. The summed E-state index contributed by atoms with van der Waals surface area (Å²) in [4.78, 5) is 2.14. The highest BCUT2D eigenvalue weighted by Gasteiger charge is 2.16. The maximum absolute atomic E-state index is 3.66. The smallest absolute Gasteiger partial charge is 0.0505 e. The number of hydrogen-bond acceptors (Lipinski definition) is 2. The molecule has 1 aliphatic rings. The summed E-state index contributed by atoms with van der Waals surface area (Å²) in [6, 6.07) is 6.77. The van der Waals surface area contributed by atoms with Crippen LogP contribution in [-0.4, -0.2) is 27.2 Å². The summed E-state index contributed by atoms with van der Waals surface area (Å²) in [5, 5.41) is 3.41. The number of anilines is 1. The Morgan fingerprint density at radius 1 is 1.25 bits per heavy atom. The Morgan fingerprint density at radius 3 is 2.50 bits per heavy atom. The zero-order valence-corrected chi connectivity index (χ0v) is 11.5. The number of rotatable bonds is 2. The number of nitrogens with zero attached hydrogens (tertiary/aromatic N) is 1. The summed E-state index contributed by atoms with van der Waals surface area (Å²) in [7, 11) is 4.15. The molecule has 0 aromatic heterocycles. The first-order valence-corrected chi connectivity index (χ1v) is 6.65. The van der Waals surface area contributed by atoms with Crippen LogP contribution in [0, 0.1) is 0 Å². The van der Waals surface area contributed by atoms with Crippen LogP contribution in [-0.2, 0) is 0 Å². The standard InChI is InChI=1S/C13H19BrN2/c1-16(2)13-4-3-11(9-12(13)14)10-5-7-15-8-6-10/h3-4,9-10,15H,5-8H2,1-2H3. The van der Waals surface area contributed by atoms with Gasteiger partial charge in [-0.2, -0.15) is 0 Å². The highest BCUT2D eigenvalue weighted by atomic mass is 79.9. The van der Waals surface area contributed by atoms with Crippen LogP contribution in [0.1, 0.15) is 24.3 Å². The van der Waals surface area contributed by atoms with Crippen molar-refractivity contribution in [3.8, 4) is 0 Å². The minimum Gasteiger partial charge on any atom is -0.377 e. The van der Waals surface area contributed by atoms with Gasteiger partial charge in [-0.15, -0.1) is 0 Å². The van der Waals surface area contributed by atoms with Crippen molar-refractivity contribution in [1.29, 1.82) is 0 Å². The first kappa shape index (κ1) is 11.9. The molecule has 1 N–H and O–H groups in total. The molecule has 16 heavy (non-hydrogen) atoms. The Labute approximate surface area is 106 Å². The van der Waals surface area contributed by atoms with Crippen molar-refractivity contribution in [2.75, 3.05) is 32.1 Å². The summed E-state index contributed by atoms with van der Waals surface area (Å²) >= 11 is 3.66. The van der Waals surface area contributed by atoms with E-state index in [1.807, 2.05) is 0 Å². The van der Waals surface area contributed by atoms with Gasteiger partial charge in [-0.25, -0.2) is 0 Å². The normalized spacial score (nSPS) is 17.4. The Balaban J connectivity index is 2.19. The lowest BCUT2D eigenvalue weighted by molar-refractivity contribution is 0.460. The van der Waals surface area contributed by atoms with Gasteiger partial charge in [0.25, 0.3) is 0 Å². The molecule has 1 fully saturated rings. The van der Waals surface area contributed by atoms with Crippen LogP contribution in [0.4, 0.5) is 5.69 Å². The summed E-state index contributed by atoms with van der Waals surface area (Å²) < 4.78 is 1.20. The summed E-state index contributed by atoms with van der Waals surface area (Å²) in [5.41, 5.74) is 2.72. The monoisotopic (exact) mass is 282 g/mol. The van der Waals surface area contributed by atoms with Gasteiger partial charge in [0, 0.05) is 18.6 Å². The molecular weight excluding hydrogens is 264 g/mol. The van der Waals surface area contributed by atoms with Gasteiger partial charge in [-0.05, 0) is 65.5 Å². The van der Waals surface area contributed by atoms with Crippen LogP contribution in [0.5, 0.6) is 0 Å². The van der Waals surface area contributed by atoms with Gasteiger partial charge in [-0.3, -0.25) is 0 Å². The second-order valence-corrected chi connectivity index (χ2v) is 5.48. The maximum Gasteiger partial charge on any atom is 0.0505 e. The second kappa shape index (κ2) is 5.19. The second-order valence-electron chi connectivity index (χ2n) is 4.63. The van der Waals surface area contributed by atoms with Gasteiger partial charge in [0.2, 0.25) is 0 Å². The van der Waals surface area contributed by atoms with E-state index in [-0.39, 0.29) is 0 Å². The third-order valence-corrected chi connectivity index (χ3v) is 3.90. The van der Waals surface area contributed by atoms with Crippen LogP contribution in [0.15, 0.2) is 22.7 Å². The van der Waals surface area contributed by atoms with E-state index >= 15 is 0 Å². The van der Waals surface area contributed by atoms with E-state index in [2.05, 4.69) is 58.4 Å². The van der Waals surface area contributed by atoms with Gasteiger partial charge in [-0.1, -0.05) is 6.07 Å². The minimum absolute atomic E-state index is 0.730. The van der Waals surface area contributed by atoms with Crippen LogP contribution in [0.25, 0.3) is 0 Å². The van der Waals surface area contributed by atoms with Gasteiger partial charge >= 0.3 is 0 Å². The molecule has 88 valence electrons. The van der Waals surface area contributed by atoms with Crippen LogP contribution in [0.3, 0.4) is 0 Å². The van der Waals surface area contributed by atoms with Gasteiger partial charge in [0.15, 0.2) is 0 Å². The van der Waals surface area contributed by atoms with Gasteiger partial charge < -0.3 is 10.2 Å². The van der Waals surface area contributed by atoms with Crippen molar-refractivity contribution in [2.24, 2.45) is 0 Å². The van der Waals surface area contributed by atoms with E-state index in [9.17, 15) is 0 Å². The van der Waals surface area contributed by atoms with Crippen molar-refractivity contribution in [2.45, 2.75) is 18.8 Å². The molecule has 0 atom stereocenters. The van der Waals surface area contributed by atoms with Gasteiger partial charge in [0.05, 0.1) is 5.69 Å². The van der Waals surface area contributed by atoms with Crippen LogP contribution in [0.2, 0.25) is 0 Å². The van der Waals surface area contributed by atoms with Crippen molar-refractivity contribution in [3.05, 3.63) is 28.2 Å². The van der Waals surface area contributed by atoms with Crippen molar-refractivity contribution >= 4 is 21.6 Å². The lowest BCUT2D eigenvalue weighted by atomic mass is 9.90. The summed E-state index contributed by atoms with van der Waals surface area (Å²) in [6.45, 7) is 2.30. The molecular formula is C13H19BrN2. The first-order chi connectivity index (χ1) is 7.68. The molecule has 1 heterocycles. The minimum atomic E-state index is 0.730. The fourth-order valence-corrected chi connectivity index (χ4v) is 3.05. The Bertz CT molecular complexity index is 357.